The molecule has 180 valence electrons. The van der Waals surface area contributed by atoms with Crippen molar-refractivity contribution in [1.82, 2.24) is 10.6 Å². The van der Waals surface area contributed by atoms with Crippen molar-refractivity contribution in [2.24, 2.45) is 0 Å². The molecule has 0 aliphatic rings. The maximum atomic E-state index is 13.0. The molecule has 0 spiro atoms. The molecule has 2 amide bonds. The van der Waals surface area contributed by atoms with Crippen molar-refractivity contribution in [3.63, 3.8) is 0 Å². The van der Waals surface area contributed by atoms with Crippen LogP contribution in [0.1, 0.15) is 27.2 Å². The first kappa shape index (κ1) is 24.2. The second kappa shape index (κ2) is 11.0. The lowest BCUT2D eigenvalue weighted by atomic mass is 10.1. The van der Waals surface area contributed by atoms with Gasteiger partial charge in [0.05, 0.1) is 4.92 Å². The van der Waals surface area contributed by atoms with E-state index in [0.717, 1.165) is 11.1 Å². The van der Waals surface area contributed by atoms with Crippen LogP contribution < -0.4 is 10.6 Å². The number of furan rings is 1. The summed E-state index contributed by atoms with van der Waals surface area (Å²) in [4.78, 5) is 36.5. The maximum absolute atomic E-state index is 13.0. The highest BCUT2D eigenvalue weighted by Gasteiger charge is 2.16. The highest BCUT2D eigenvalue weighted by atomic mass is 16.6. The molecule has 8 heteroatoms. The number of hydrogen-bond acceptors (Lipinski definition) is 5. The number of hydrogen-bond donors (Lipinski definition) is 2. The second-order valence-electron chi connectivity index (χ2n) is 8.06. The van der Waals surface area contributed by atoms with E-state index in [9.17, 15) is 19.7 Å². The molecule has 0 saturated carbocycles. The van der Waals surface area contributed by atoms with Crippen molar-refractivity contribution in [2.45, 2.75) is 13.5 Å². The van der Waals surface area contributed by atoms with E-state index in [1.807, 2.05) is 49.4 Å². The fraction of sp³-hybridized carbons (Fsp3) is 0.0714. The number of carbonyl (C=O) groups excluding carboxylic acids is 2. The topological polar surface area (TPSA) is 114 Å². The van der Waals surface area contributed by atoms with E-state index in [-0.39, 0.29) is 17.9 Å². The number of nitro groups is 1. The minimum Gasteiger partial charge on any atom is -0.457 e. The lowest BCUT2D eigenvalue weighted by Gasteiger charge is -2.11. The van der Waals surface area contributed by atoms with E-state index in [0.29, 0.717) is 22.6 Å². The zero-order valence-corrected chi connectivity index (χ0v) is 19.4. The van der Waals surface area contributed by atoms with Crippen molar-refractivity contribution in [2.75, 3.05) is 0 Å². The van der Waals surface area contributed by atoms with E-state index >= 15 is 0 Å². The summed E-state index contributed by atoms with van der Waals surface area (Å²) < 4.78 is 5.82. The monoisotopic (exact) mass is 481 g/mol. The van der Waals surface area contributed by atoms with Gasteiger partial charge in [-0.1, -0.05) is 60.2 Å². The highest BCUT2D eigenvalue weighted by molar-refractivity contribution is 6.05. The van der Waals surface area contributed by atoms with Gasteiger partial charge in [0, 0.05) is 35.9 Å². The molecule has 0 aliphatic carbocycles. The van der Waals surface area contributed by atoms with Gasteiger partial charge in [0.15, 0.2) is 0 Å². The smallest absolute Gasteiger partial charge is 0.270 e. The molecule has 1 aromatic heterocycles. The molecule has 0 atom stereocenters. The van der Waals surface area contributed by atoms with E-state index in [4.69, 9.17) is 4.42 Å². The molecule has 1 heterocycles. The molecular formula is C28H23N3O5. The van der Waals surface area contributed by atoms with Crippen molar-refractivity contribution >= 4 is 23.6 Å². The quantitative estimate of drug-likeness (QED) is 0.203. The van der Waals surface area contributed by atoms with Crippen LogP contribution in [0, 0.1) is 17.0 Å². The van der Waals surface area contributed by atoms with Gasteiger partial charge < -0.3 is 15.1 Å². The van der Waals surface area contributed by atoms with Crippen molar-refractivity contribution in [3.8, 4) is 11.3 Å². The fourth-order valence-corrected chi connectivity index (χ4v) is 3.43. The Balaban J connectivity index is 1.59. The fourth-order valence-electron chi connectivity index (χ4n) is 3.43. The lowest BCUT2D eigenvalue weighted by Crippen LogP contribution is -2.34. The minimum atomic E-state index is -0.493. The Morgan fingerprint density at radius 1 is 0.944 bits per heavy atom. The van der Waals surface area contributed by atoms with Gasteiger partial charge in [-0.05, 0) is 36.8 Å². The van der Waals surface area contributed by atoms with Crippen molar-refractivity contribution in [3.05, 3.63) is 129 Å². The van der Waals surface area contributed by atoms with E-state index in [2.05, 4.69) is 10.6 Å². The van der Waals surface area contributed by atoms with Crippen molar-refractivity contribution < 1.29 is 18.9 Å². The third-order valence-electron chi connectivity index (χ3n) is 5.36. The molecular weight excluding hydrogens is 458 g/mol. The Morgan fingerprint density at radius 2 is 1.69 bits per heavy atom. The van der Waals surface area contributed by atoms with Gasteiger partial charge in [-0.25, -0.2) is 0 Å². The summed E-state index contributed by atoms with van der Waals surface area (Å²) in [5, 5.41) is 16.6. The van der Waals surface area contributed by atoms with Crippen molar-refractivity contribution in [1.29, 1.82) is 0 Å². The highest BCUT2D eigenvalue weighted by Crippen LogP contribution is 2.26. The van der Waals surface area contributed by atoms with E-state index in [1.165, 1.54) is 18.2 Å². The molecule has 8 nitrogen and oxygen atoms in total. The third kappa shape index (κ3) is 6.12. The zero-order valence-electron chi connectivity index (χ0n) is 19.4. The summed E-state index contributed by atoms with van der Waals surface area (Å²) in [7, 11) is 0. The Bertz CT molecular complexity index is 1420. The number of carbonyl (C=O) groups is 2. The maximum Gasteiger partial charge on any atom is 0.270 e. The number of nitrogens with one attached hydrogen (secondary N) is 2. The summed E-state index contributed by atoms with van der Waals surface area (Å²) in [6.07, 6.45) is 1.42. The molecule has 0 aliphatic heterocycles. The van der Waals surface area contributed by atoms with Gasteiger partial charge in [-0.2, -0.15) is 0 Å². The van der Waals surface area contributed by atoms with Gasteiger partial charge in [-0.15, -0.1) is 0 Å². The summed E-state index contributed by atoms with van der Waals surface area (Å²) in [6, 6.07) is 25.7. The number of benzene rings is 3. The van der Waals surface area contributed by atoms with Crippen LogP contribution in [-0.4, -0.2) is 16.7 Å². The summed E-state index contributed by atoms with van der Waals surface area (Å²) in [5.41, 5.74) is 2.76. The van der Waals surface area contributed by atoms with Crippen LogP contribution in [-0.2, 0) is 11.3 Å². The lowest BCUT2D eigenvalue weighted by molar-refractivity contribution is -0.384. The summed E-state index contributed by atoms with van der Waals surface area (Å²) in [6.45, 7) is 2.19. The average molecular weight is 482 g/mol. The van der Waals surface area contributed by atoms with Crippen LogP contribution >= 0.6 is 0 Å². The Kier molecular flexibility index (Phi) is 7.36. The van der Waals surface area contributed by atoms with Crippen LogP contribution in [0.4, 0.5) is 5.69 Å². The summed E-state index contributed by atoms with van der Waals surface area (Å²) >= 11 is 0. The van der Waals surface area contributed by atoms with Gasteiger partial charge in [0.25, 0.3) is 17.5 Å². The molecule has 0 radical (unpaired) electrons. The minimum absolute atomic E-state index is 0.00329. The first-order valence-electron chi connectivity index (χ1n) is 11.2. The van der Waals surface area contributed by atoms with E-state index < -0.39 is 16.7 Å². The van der Waals surface area contributed by atoms with Gasteiger partial charge >= 0.3 is 0 Å². The Labute approximate surface area is 207 Å². The van der Waals surface area contributed by atoms with Gasteiger partial charge in [0.1, 0.15) is 17.2 Å². The van der Waals surface area contributed by atoms with Crippen LogP contribution in [0.25, 0.3) is 17.4 Å². The predicted octanol–water partition coefficient (Wildman–Crippen LogP) is 5.25. The third-order valence-corrected chi connectivity index (χ3v) is 5.36. The Hall–Kier alpha value is -4.98. The van der Waals surface area contributed by atoms with Crippen LogP contribution in [0.5, 0.6) is 0 Å². The summed E-state index contributed by atoms with van der Waals surface area (Å²) in [5.74, 6) is -0.251. The van der Waals surface area contributed by atoms with Crippen LogP contribution in [0.3, 0.4) is 0 Å². The molecule has 4 rings (SSSR count). The number of aryl methyl sites for hydroxylation is 1. The number of nitro benzene ring substituents is 1. The van der Waals surface area contributed by atoms with E-state index in [1.54, 1.807) is 36.4 Å². The molecule has 0 fully saturated rings. The first-order chi connectivity index (χ1) is 17.4. The van der Waals surface area contributed by atoms with Gasteiger partial charge in [0.2, 0.25) is 0 Å². The standard InChI is InChI=1S/C28H23N3O5/c1-19-10-12-21(13-11-19)27(32)30-25(28(33)29-18-20-6-3-2-4-7-20)17-24-14-15-26(36-24)22-8-5-9-23(16-22)31(34)35/h2-17H,18H2,1H3,(H,29,33)(H,30,32). The first-order valence-corrected chi connectivity index (χ1v) is 11.2. The largest absolute Gasteiger partial charge is 0.457 e. The molecule has 3 aromatic carbocycles. The molecule has 4 aromatic rings. The zero-order chi connectivity index (χ0) is 25.5. The number of nitrogens with zero attached hydrogens (tertiary/aromatic N) is 1. The molecule has 36 heavy (non-hydrogen) atoms. The Morgan fingerprint density at radius 3 is 2.42 bits per heavy atom. The molecule has 0 bridgehead atoms. The van der Waals surface area contributed by atoms with Crippen LogP contribution in [0.15, 0.2) is 101 Å². The second-order valence-corrected chi connectivity index (χ2v) is 8.06. The average Bonchev–Trinajstić information content (AvgIpc) is 3.36. The van der Waals surface area contributed by atoms with Gasteiger partial charge in [-0.3, -0.25) is 19.7 Å². The predicted molar refractivity (Wildman–Crippen MR) is 136 cm³/mol. The molecule has 2 N–H and O–H groups in total. The number of non-ortho nitro benzene ring substituents is 1. The number of amides is 2. The van der Waals surface area contributed by atoms with Crippen LogP contribution in [0.2, 0.25) is 0 Å². The number of rotatable bonds is 8. The molecule has 0 unspecified atom stereocenters. The molecule has 0 saturated heterocycles. The SMILES string of the molecule is Cc1ccc(C(=O)NC(=Cc2ccc(-c3cccc([N+](=O)[O-])c3)o2)C(=O)NCc2ccccc2)cc1. The normalized spacial score (nSPS) is 11.1.